The summed E-state index contributed by atoms with van der Waals surface area (Å²) in [4.78, 5) is 64.3. The minimum Gasteiger partial charge on any atom is -0.378 e. The molecule has 0 radical (unpaired) electrons. The van der Waals surface area contributed by atoms with Crippen LogP contribution in [0.3, 0.4) is 0 Å². The first-order valence-corrected chi connectivity index (χ1v) is 14.4. The van der Waals surface area contributed by atoms with Crippen molar-refractivity contribution in [1.82, 2.24) is 14.7 Å². The highest BCUT2D eigenvalue weighted by Crippen LogP contribution is 2.29. The Morgan fingerprint density at radius 2 is 1.47 bits per heavy atom. The van der Waals surface area contributed by atoms with Gasteiger partial charge in [0, 0.05) is 45.9 Å². The normalized spacial score (nSPS) is 18.2. The molecule has 2 aliphatic rings. The van der Waals surface area contributed by atoms with E-state index in [4.69, 9.17) is 14.2 Å². The lowest BCUT2D eigenvalue weighted by Gasteiger charge is -2.25. The maximum atomic E-state index is 12.6. The average molecular weight is 558 g/mol. The van der Waals surface area contributed by atoms with E-state index in [0.29, 0.717) is 44.5 Å². The highest BCUT2D eigenvalue weighted by Gasteiger charge is 2.39. The smallest absolute Gasteiger partial charge is 0.248 e. The predicted molar refractivity (Wildman–Crippen MR) is 143 cm³/mol. The van der Waals surface area contributed by atoms with Crippen molar-refractivity contribution >= 4 is 41.2 Å². The third kappa shape index (κ3) is 11.8. The molecule has 0 aromatic rings. The zero-order valence-electron chi connectivity index (χ0n) is 23.0. The van der Waals surface area contributed by atoms with Gasteiger partial charge in [-0.2, -0.15) is 0 Å². The molecule has 1 aliphatic carbocycles. The molecule has 1 heterocycles. The molecule has 216 valence electrons. The Labute approximate surface area is 229 Å². The zero-order chi connectivity index (χ0) is 27.9. The first kappa shape index (κ1) is 32.2. The number of amides is 4. The van der Waals surface area contributed by atoms with Gasteiger partial charge in [0.15, 0.2) is 5.78 Å². The number of ketones is 1. The first-order chi connectivity index (χ1) is 18.2. The van der Waals surface area contributed by atoms with Gasteiger partial charge in [-0.1, -0.05) is 19.3 Å². The summed E-state index contributed by atoms with van der Waals surface area (Å²) in [6.07, 6.45) is 6.10. The van der Waals surface area contributed by atoms with Crippen LogP contribution in [0.25, 0.3) is 0 Å². The molecule has 1 saturated carbocycles. The number of thioether (sulfide) groups is 1. The summed E-state index contributed by atoms with van der Waals surface area (Å²) in [5.74, 6) is 0.312. The lowest BCUT2D eigenvalue weighted by molar-refractivity contribution is -0.139. The van der Waals surface area contributed by atoms with Gasteiger partial charge in [-0.15, -0.1) is 11.8 Å². The number of Topliss-reactive ketones (excluding diaryl/α,β-unsaturated/α-hetero) is 1. The van der Waals surface area contributed by atoms with Crippen LogP contribution in [0.4, 0.5) is 0 Å². The van der Waals surface area contributed by atoms with Gasteiger partial charge in [-0.05, 0) is 25.7 Å². The van der Waals surface area contributed by atoms with Gasteiger partial charge in [-0.3, -0.25) is 28.9 Å². The predicted octanol–water partition coefficient (Wildman–Crippen LogP) is 0.983. The number of likely N-dealkylation sites (tertiary alicyclic amines) is 1. The molecule has 0 N–H and O–H groups in total. The van der Waals surface area contributed by atoms with Crippen LogP contribution in [0.5, 0.6) is 0 Å². The molecule has 38 heavy (non-hydrogen) atoms. The summed E-state index contributed by atoms with van der Waals surface area (Å²) in [5, 5.41) is -0.318. The van der Waals surface area contributed by atoms with Crippen molar-refractivity contribution in [2.45, 2.75) is 50.7 Å². The van der Waals surface area contributed by atoms with Crippen molar-refractivity contribution in [2.75, 3.05) is 79.1 Å². The summed E-state index contributed by atoms with van der Waals surface area (Å²) in [5.41, 5.74) is 0. The van der Waals surface area contributed by atoms with Gasteiger partial charge in [0.1, 0.15) is 19.8 Å². The number of carbonyl (C=O) groups is 5. The van der Waals surface area contributed by atoms with Crippen LogP contribution >= 0.6 is 11.8 Å². The molecular weight excluding hydrogens is 514 g/mol. The quantitative estimate of drug-likeness (QED) is 0.179. The minimum absolute atomic E-state index is 0.0565. The topological polar surface area (TPSA) is 123 Å². The highest BCUT2D eigenvalue weighted by atomic mass is 32.2. The van der Waals surface area contributed by atoms with Gasteiger partial charge in [0.2, 0.25) is 23.6 Å². The molecule has 0 aromatic carbocycles. The van der Waals surface area contributed by atoms with E-state index in [1.54, 1.807) is 14.1 Å². The Morgan fingerprint density at radius 1 is 0.868 bits per heavy atom. The van der Waals surface area contributed by atoms with Crippen molar-refractivity contribution < 1.29 is 38.2 Å². The molecule has 1 aliphatic heterocycles. The Kier molecular flexibility index (Phi) is 14.9. The number of likely N-dealkylation sites (N-methyl/N-ethyl adjacent to an activating group) is 2. The van der Waals surface area contributed by atoms with Crippen molar-refractivity contribution in [3.8, 4) is 0 Å². The maximum absolute atomic E-state index is 12.6. The van der Waals surface area contributed by atoms with E-state index in [-0.39, 0.29) is 67.5 Å². The Balaban J connectivity index is 1.48. The van der Waals surface area contributed by atoms with Gasteiger partial charge in [0.05, 0.1) is 25.1 Å². The molecule has 1 saturated heterocycles. The van der Waals surface area contributed by atoms with E-state index in [1.807, 2.05) is 0 Å². The number of carbonyl (C=O) groups excluding carboxylic acids is 5. The summed E-state index contributed by atoms with van der Waals surface area (Å²) < 4.78 is 15.9. The fourth-order valence-corrected chi connectivity index (χ4v) is 5.31. The number of imide groups is 1. The van der Waals surface area contributed by atoms with Gasteiger partial charge in [0.25, 0.3) is 0 Å². The molecule has 0 bridgehead atoms. The molecule has 1 unspecified atom stereocenters. The van der Waals surface area contributed by atoms with Gasteiger partial charge >= 0.3 is 0 Å². The SMILES string of the molecule is CC(=O)COCC(=O)N(C)CCN(C)C(=O)COCCOCCSC1CC(=O)N(CC2CCCCC2)C1=O. The van der Waals surface area contributed by atoms with Crippen molar-refractivity contribution in [3.63, 3.8) is 0 Å². The Hall–Kier alpha value is -2.02. The minimum atomic E-state index is -0.318. The lowest BCUT2D eigenvalue weighted by atomic mass is 9.89. The second kappa shape index (κ2) is 17.5. The molecule has 0 aromatic heterocycles. The van der Waals surface area contributed by atoms with Crippen LogP contribution in [0, 0.1) is 5.92 Å². The molecule has 4 amide bonds. The standard InChI is InChI=1S/C26H43N3O8S/c1-20(30)17-37-19-25(33)28(3)10-9-27(2)24(32)18-36-12-11-35-13-14-38-22-15-23(31)29(26(22)34)16-21-7-5-4-6-8-21/h21-22H,4-19H2,1-3H3. The van der Waals surface area contributed by atoms with E-state index in [9.17, 15) is 24.0 Å². The van der Waals surface area contributed by atoms with Crippen LogP contribution in [0.1, 0.15) is 45.4 Å². The van der Waals surface area contributed by atoms with Crippen LogP contribution in [0.2, 0.25) is 0 Å². The largest absolute Gasteiger partial charge is 0.378 e. The maximum Gasteiger partial charge on any atom is 0.248 e. The van der Waals surface area contributed by atoms with Crippen LogP contribution in [-0.2, 0) is 38.2 Å². The second-order valence-corrected chi connectivity index (χ2v) is 11.2. The Morgan fingerprint density at radius 3 is 2.11 bits per heavy atom. The van der Waals surface area contributed by atoms with Gasteiger partial charge < -0.3 is 24.0 Å². The summed E-state index contributed by atoms with van der Waals surface area (Å²) in [6.45, 7) is 3.26. The number of hydrogen-bond acceptors (Lipinski definition) is 9. The molecule has 2 fully saturated rings. The molecule has 0 spiro atoms. The fourth-order valence-electron chi connectivity index (χ4n) is 4.28. The third-order valence-electron chi connectivity index (χ3n) is 6.67. The third-order valence-corrected chi connectivity index (χ3v) is 7.84. The second-order valence-electron chi connectivity index (χ2n) is 9.90. The summed E-state index contributed by atoms with van der Waals surface area (Å²) in [7, 11) is 3.24. The molecular formula is C26H43N3O8S. The lowest BCUT2D eigenvalue weighted by Crippen LogP contribution is -2.40. The van der Waals surface area contributed by atoms with Crippen molar-refractivity contribution in [2.24, 2.45) is 5.92 Å². The van der Waals surface area contributed by atoms with E-state index in [2.05, 4.69) is 0 Å². The first-order valence-electron chi connectivity index (χ1n) is 13.4. The molecule has 11 nitrogen and oxygen atoms in total. The summed E-state index contributed by atoms with van der Waals surface area (Å²) in [6, 6.07) is 0. The molecule has 1 atom stereocenters. The zero-order valence-corrected chi connectivity index (χ0v) is 23.8. The van der Waals surface area contributed by atoms with E-state index in [0.717, 1.165) is 12.8 Å². The van der Waals surface area contributed by atoms with Gasteiger partial charge in [-0.25, -0.2) is 0 Å². The monoisotopic (exact) mass is 557 g/mol. The van der Waals surface area contributed by atoms with Crippen LogP contribution in [-0.4, -0.2) is 128 Å². The van der Waals surface area contributed by atoms with E-state index >= 15 is 0 Å². The fraction of sp³-hybridized carbons (Fsp3) is 0.808. The highest BCUT2D eigenvalue weighted by molar-refractivity contribution is 8.00. The molecule has 12 heteroatoms. The summed E-state index contributed by atoms with van der Waals surface area (Å²) >= 11 is 1.46. The van der Waals surface area contributed by atoms with Crippen molar-refractivity contribution in [3.05, 3.63) is 0 Å². The van der Waals surface area contributed by atoms with Crippen LogP contribution in [0.15, 0.2) is 0 Å². The Bertz CT molecular complexity index is 805. The number of rotatable bonds is 18. The van der Waals surface area contributed by atoms with E-state index < -0.39 is 0 Å². The number of nitrogens with zero attached hydrogens (tertiary/aromatic N) is 3. The van der Waals surface area contributed by atoms with Crippen LogP contribution < -0.4 is 0 Å². The average Bonchev–Trinajstić information content (AvgIpc) is 3.16. The molecule has 2 rings (SSSR count). The van der Waals surface area contributed by atoms with E-state index in [1.165, 1.54) is 52.6 Å². The number of hydrogen-bond donors (Lipinski definition) is 0. The number of ether oxygens (including phenoxy) is 3. The van der Waals surface area contributed by atoms with Crippen molar-refractivity contribution in [1.29, 1.82) is 0 Å².